The molecule has 114 valence electrons. The number of carbonyl (C=O) groups excluding carboxylic acids is 1. The number of hydrogen-bond acceptors (Lipinski definition) is 5. The van der Waals surface area contributed by atoms with Gasteiger partial charge in [0, 0.05) is 35.1 Å². The summed E-state index contributed by atoms with van der Waals surface area (Å²) in [7, 11) is 0. The Hall–Kier alpha value is -1.20. The zero-order chi connectivity index (χ0) is 15.0. The van der Waals surface area contributed by atoms with Crippen LogP contribution >= 0.6 is 11.3 Å². The lowest BCUT2D eigenvalue weighted by Gasteiger charge is -2.58. The molecule has 0 N–H and O–H groups in total. The highest BCUT2D eigenvalue weighted by Gasteiger charge is 2.60. The molecular weight excluding hydrogens is 286 g/mol. The number of aryl methyl sites for hydroxylation is 1. The third-order valence-electron chi connectivity index (χ3n) is 4.49. The topological polar surface area (TPSA) is 48.4 Å². The monoisotopic (exact) mass is 307 g/mol. The molecule has 1 saturated carbocycles. The van der Waals surface area contributed by atoms with Gasteiger partial charge in [0.05, 0.1) is 11.1 Å². The first-order valence-corrected chi connectivity index (χ1v) is 8.23. The van der Waals surface area contributed by atoms with Crippen molar-refractivity contribution in [1.29, 1.82) is 0 Å². The van der Waals surface area contributed by atoms with Crippen molar-refractivity contribution in [2.45, 2.75) is 45.8 Å². The average Bonchev–Trinajstić information content (AvgIpc) is 2.88. The summed E-state index contributed by atoms with van der Waals surface area (Å²) < 4.78 is 11.5. The average molecular weight is 307 g/mol. The van der Waals surface area contributed by atoms with Gasteiger partial charge in [-0.05, 0) is 25.8 Å². The number of carbonyl (C=O) groups is 1. The minimum Gasteiger partial charge on any atom is -0.458 e. The number of esters is 1. The highest BCUT2D eigenvalue weighted by atomic mass is 32.1. The minimum absolute atomic E-state index is 0.0388. The van der Waals surface area contributed by atoms with Crippen LogP contribution < -0.4 is 0 Å². The van der Waals surface area contributed by atoms with Crippen molar-refractivity contribution >= 4 is 23.4 Å². The van der Waals surface area contributed by atoms with Crippen molar-refractivity contribution in [3.05, 3.63) is 22.2 Å². The van der Waals surface area contributed by atoms with Crippen LogP contribution in [0.15, 0.2) is 12.3 Å². The Morgan fingerprint density at radius 2 is 2.38 bits per heavy atom. The molecule has 21 heavy (non-hydrogen) atoms. The van der Waals surface area contributed by atoms with Gasteiger partial charge in [0.25, 0.3) is 0 Å². The first-order chi connectivity index (χ1) is 9.98. The summed E-state index contributed by atoms with van der Waals surface area (Å²) in [6, 6.07) is 0. The first kappa shape index (κ1) is 14.7. The Morgan fingerprint density at radius 3 is 3.10 bits per heavy atom. The van der Waals surface area contributed by atoms with Crippen LogP contribution in [0.2, 0.25) is 0 Å². The van der Waals surface area contributed by atoms with E-state index in [-0.39, 0.29) is 23.6 Å². The van der Waals surface area contributed by atoms with Crippen LogP contribution in [0.5, 0.6) is 0 Å². The molecule has 0 aromatic carbocycles. The maximum absolute atomic E-state index is 12.0. The van der Waals surface area contributed by atoms with Gasteiger partial charge in [-0.1, -0.05) is 13.8 Å². The van der Waals surface area contributed by atoms with Crippen LogP contribution in [0.3, 0.4) is 0 Å². The lowest BCUT2D eigenvalue weighted by molar-refractivity contribution is -0.252. The third kappa shape index (κ3) is 2.77. The van der Waals surface area contributed by atoms with Gasteiger partial charge >= 0.3 is 5.97 Å². The standard InChI is InChI=1S/C16H21NO3S/c1-10-17-9-11(21-10)6-7-13(18)20-15-12-5-4-8-19-14(12)16(15,2)3/h6-7,9,12,14-15H,4-5,8H2,1-3H3/b7-6+/t12-,14-,15-/m1/s1. The summed E-state index contributed by atoms with van der Waals surface area (Å²) in [6.07, 6.45) is 7.38. The quantitative estimate of drug-likeness (QED) is 0.635. The van der Waals surface area contributed by atoms with E-state index in [0.717, 1.165) is 29.3 Å². The molecule has 0 radical (unpaired) electrons. The fourth-order valence-electron chi connectivity index (χ4n) is 3.48. The van der Waals surface area contributed by atoms with E-state index < -0.39 is 0 Å². The predicted molar refractivity (Wildman–Crippen MR) is 82.0 cm³/mol. The molecule has 2 heterocycles. The molecule has 1 aliphatic heterocycles. The molecular formula is C16H21NO3S. The maximum atomic E-state index is 12.0. The highest BCUT2D eigenvalue weighted by molar-refractivity contribution is 7.12. The SMILES string of the molecule is Cc1ncc(/C=C/C(=O)O[C@@H]2[C@@H]3CCCO[C@H]3C2(C)C)s1. The summed E-state index contributed by atoms with van der Waals surface area (Å²) in [5.41, 5.74) is -0.0876. The van der Waals surface area contributed by atoms with Gasteiger partial charge in [-0.3, -0.25) is 0 Å². The van der Waals surface area contributed by atoms with Crippen LogP contribution in [0.4, 0.5) is 0 Å². The second-order valence-electron chi connectivity index (χ2n) is 6.39. The molecule has 0 unspecified atom stereocenters. The number of ether oxygens (including phenoxy) is 2. The number of rotatable bonds is 3. The van der Waals surface area contributed by atoms with Crippen LogP contribution in [0.1, 0.15) is 36.6 Å². The second-order valence-corrected chi connectivity index (χ2v) is 7.66. The summed E-state index contributed by atoms with van der Waals surface area (Å²) in [6.45, 7) is 7.01. The van der Waals surface area contributed by atoms with Gasteiger partial charge in [0.2, 0.25) is 0 Å². The van der Waals surface area contributed by atoms with Gasteiger partial charge in [-0.15, -0.1) is 11.3 Å². The second kappa shape index (κ2) is 5.54. The summed E-state index contributed by atoms with van der Waals surface area (Å²) in [4.78, 5) is 17.2. The fourth-order valence-corrected chi connectivity index (χ4v) is 4.17. The molecule has 2 aliphatic rings. The lowest BCUT2D eigenvalue weighted by atomic mass is 9.57. The Bertz CT molecular complexity index is 564. The molecule has 2 fully saturated rings. The van der Waals surface area contributed by atoms with E-state index in [0.29, 0.717) is 5.92 Å². The Morgan fingerprint density at radius 1 is 1.57 bits per heavy atom. The van der Waals surface area contributed by atoms with Crippen LogP contribution in [-0.2, 0) is 14.3 Å². The minimum atomic E-state index is -0.275. The van der Waals surface area contributed by atoms with E-state index in [1.54, 1.807) is 23.6 Å². The molecule has 0 amide bonds. The molecule has 1 aliphatic carbocycles. The van der Waals surface area contributed by atoms with Gasteiger partial charge in [-0.25, -0.2) is 9.78 Å². The molecule has 0 spiro atoms. The predicted octanol–water partition coefficient (Wildman–Crippen LogP) is 3.21. The number of fused-ring (bicyclic) bond motifs is 1. The first-order valence-electron chi connectivity index (χ1n) is 7.41. The number of aromatic nitrogens is 1. The zero-order valence-electron chi connectivity index (χ0n) is 12.7. The van der Waals surface area contributed by atoms with Crippen LogP contribution in [-0.4, -0.2) is 29.8 Å². The molecule has 0 bridgehead atoms. The third-order valence-corrected chi connectivity index (χ3v) is 5.37. The normalized spacial score (nSPS) is 30.7. The van der Waals surface area contributed by atoms with Gasteiger partial charge < -0.3 is 9.47 Å². The maximum Gasteiger partial charge on any atom is 0.331 e. The van der Waals surface area contributed by atoms with Gasteiger partial charge in [0.1, 0.15) is 6.10 Å². The smallest absolute Gasteiger partial charge is 0.331 e. The molecule has 5 heteroatoms. The fraction of sp³-hybridized carbons (Fsp3) is 0.625. The Labute approximate surface area is 129 Å². The van der Waals surface area contributed by atoms with E-state index in [1.165, 1.54) is 6.08 Å². The molecule has 1 saturated heterocycles. The van der Waals surface area contributed by atoms with Crippen molar-refractivity contribution in [2.75, 3.05) is 6.61 Å². The van der Waals surface area contributed by atoms with E-state index in [2.05, 4.69) is 18.8 Å². The molecule has 4 nitrogen and oxygen atoms in total. The van der Waals surface area contributed by atoms with E-state index in [9.17, 15) is 4.79 Å². The van der Waals surface area contributed by atoms with E-state index >= 15 is 0 Å². The molecule has 3 rings (SSSR count). The Kier molecular flexibility index (Phi) is 3.88. The summed E-state index contributed by atoms with van der Waals surface area (Å²) in [5, 5.41) is 0.991. The lowest BCUT2D eigenvalue weighted by Crippen LogP contribution is -2.65. The van der Waals surface area contributed by atoms with E-state index in [4.69, 9.17) is 9.47 Å². The van der Waals surface area contributed by atoms with Gasteiger partial charge in [-0.2, -0.15) is 0 Å². The largest absolute Gasteiger partial charge is 0.458 e. The van der Waals surface area contributed by atoms with Crippen molar-refractivity contribution < 1.29 is 14.3 Å². The van der Waals surface area contributed by atoms with Crippen LogP contribution in [0, 0.1) is 18.3 Å². The van der Waals surface area contributed by atoms with Gasteiger partial charge in [0.15, 0.2) is 0 Å². The summed E-state index contributed by atoms with van der Waals surface area (Å²) in [5.74, 6) is 0.0832. The van der Waals surface area contributed by atoms with Crippen molar-refractivity contribution in [1.82, 2.24) is 4.98 Å². The molecule has 1 aromatic rings. The number of thiazole rings is 1. The van der Waals surface area contributed by atoms with Crippen LogP contribution in [0.25, 0.3) is 6.08 Å². The molecule has 3 atom stereocenters. The summed E-state index contributed by atoms with van der Waals surface area (Å²) >= 11 is 1.56. The van der Waals surface area contributed by atoms with E-state index in [1.807, 2.05) is 6.92 Å². The number of nitrogens with zero attached hydrogens (tertiary/aromatic N) is 1. The zero-order valence-corrected chi connectivity index (χ0v) is 13.5. The van der Waals surface area contributed by atoms with Crippen molar-refractivity contribution in [3.63, 3.8) is 0 Å². The van der Waals surface area contributed by atoms with Crippen molar-refractivity contribution in [2.24, 2.45) is 11.3 Å². The highest BCUT2D eigenvalue weighted by Crippen LogP contribution is 2.52. The molecule has 1 aromatic heterocycles. The Balaban J connectivity index is 1.61. The number of hydrogen-bond donors (Lipinski definition) is 0. The van der Waals surface area contributed by atoms with Crippen molar-refractivity contribution in [3.8, 4) is 0 Å².